The predicted molar refractivity (Wildman–Crippen MR) is 115 cm³/mol. The van der Waals surface area contributed by atoms with E-state index in [1.54, 1.807) is 24.5 Å². The quantitative estimate of drug-likeness (QED) is 0.549. The van der Waals surface area contributed by atoms with E-state index < -0.39 is 18.1 Å². The minimum absolute atomic E-state index is 0.0493. The highest BCUT2D eigenvalue weighted by atomic mass is 16.5. The number of nitrogens with one attached hydrogen (secondary N) is 2. The number of carbonyl (C=O) groups excluding carboxylic acids is 2. The van der Waals surface area contributed by atoms with E-state index in [0.29, 0.717) is 0 Å². The summed E-state index contributed by atoms with van der Waals surface area (Å²) in [6, 6.07) is 19.7. The number of aromatic nitrogens is 1. The normalized spacial score (nSPS) is 13.1. The Bertz CT molecular complexity index is 1030. The molecular formula is C24H23N3O4. The molecule has 0 fully saturated rings. The van der Waals surface area contributed by atoms with Gasteiger partial charge in [0.05, 0.1) is 6.54 Å². The summed E-state index contributed by atoms with van der Waals surface area (Å²) >= 11 is 0. The molecule has 3 aromatic rings. The summed E-state index contributed by atoms with van der Waals surface area (Å²) in [5, 5.41) is 15.1. The SMILES string of the molecule is O=C(NCC(O)C(=O)NCc1ccncc1)OCC1c2ccccc2-c2ccccc21. The minimum Gasteiger partial charge on any atom is -0.449 e. The van der Waals surface area contributed by atoms with Gasteiger partial charge in [-0.1, -0.05) is 48.5 Å². The van der Waals surface area contributed by atoms with Gasteiger partial charge in [0.15, 0.2) is 0 Å². The third-order valence-electron chi connectivity index (χ3n) is 5.30. The highest BCUT2D eigenvalue weighted by Gasteiger charge is 2.29. The van der Waals surface area contributed by atoms with E-state index in [0.717, 1.165) is 27.8 Å². The van der Waals surface area contributed by atoms with Crippen LogP contribution < -0.4 is 10.6 Å². The van der Waals surface area contributed by atoms with Gasteiger partial charge in [0.1, 0.15) is 12.7 Å². The third-order valence-corrected chi connectivity index (χ3v) is 5.30. The second kappa shape index (κ2) is 9.40. The van der Waals surface area contributed by atoms with Gasteiger partial charge >= 0.3 is 6.09 Å². The van der Waals surface area contributed by atoms with E-state index in [1.165, 1.54) is 0 Å². The monoisotopic (exact) mass is 417 g/mol. The van der Waals surface area contributed by atoms with Crippen LogP contribution in [0.5, 0.6) is 0 Å². The third kappa shape index (κ3) is 4.73. The number of aliphatic hydroxyl groups excluding tert-OH is 1. The second-order valence-electron chi connectivity index (χ2n) is 7.30. The molecule has 0 aliphatic heterocycles. The van der Waals surface area contributed by atoms with Crippen LogP contribution in [0.25, 0.3) is 11.1 Å². The number of benzene rings is 2. The lowest BCUT2D eigenvalue weighted by atomic mass is 9.98. The van der Waals surface area contributed by atoms with E-state index in [-0.39, 0.29) is 25.6 Å². The maximum atomic E-state index is 12.1. The molecule has 1 atom stereocenters. The number of hydrogen-bond acceptors (Lipinski definition) is 5. The number of carbonyl (C=O) groups is 2. The van der Waals surface area contributed by atoms with Gasteiger partial charge in [-0.3, -0.25) is 9.78 Å². The zero-order valence-corrected chi connectivity index (χ0v) is 16.8. The number of aliphatic hydroxyl groups is 1. The highest BCUT2D eigenvalue weighted by molar-refractivity contribution is 5.81. The van der Waals surface area contributed by atoms with Crippen LogP contribution >= 0.6 is 0 Å². The Hall–Kier alpha value is -3.71. The van der Waals surface area contributed by atoms with Gasteiger partial charge in [0, 0.05) is 24.9 Å². The van der Waals surface area contributed by atoms with E-state index in [9.17, 15) is 14.7 Å². The van der Waals surface area contributed by atoms with Crippen LogP contribution in [0, 0.1) is 0 Å². The lowest BCUT2D eigenvalue weighted by molar-refractivity contribution is -0.129. The molecule has 1 unspecified atom stereocenters. The predicted octanol–water partition coefficient (Wildman–Crippen LogP) is 2.60. The van der Waals surface area contributed by atoms with Crippen molar-refractivity contribution in [3.8, 4) is 11.1 Å². The first-order chi connectivity index (χ1) is 15.1. The van der Waals surface area contributed by atoms with Crippen LogP contribution in [0.4, 0.5) is 4.79 Å². The van der Waals surface area contributed by atoms with Gasteiger partial charge in [-0.15, -0.1) is 0 Å². The standard InChI is InChI=1S/C24H23N3O4/c28-22(23(29)26-13-16-9-11-25-12-10-16)14-27-24(30)31-15-21-19-7-3-1-5-17(19)18-6-2-4-8-20(18)21/h1-12,21-22,28H,13-15H2,(H,26,29)(H,27,30). The summed E-state index contributed by atoms with van der Waals surface area (Å²) in [4.78, 5) is 28.1. The molecule has 7 nitrogen and oxygen atoms in total. The van der Waals surface area contributed by atoms with E-state index in [4.69, 9.17) is 4.74 Å². The molecule has 0 radical (unpaired) electrons. The number of nitrogens with zero attached hydrogens (tertiary/aromatic N) is 1. The fraction of sp³-hybridized carbons (Fsp3) is 0.208. The summed E-state index contributed by atoms with van der Waals surface area (Å²) in [7, 11) is 0. The van der Waals surface area contributed by atoms with Crippen molar-refractivity contribution in [2.45, 2.75) is 18.6 Å². The molecule has 0 saturated carbocycles. The maximum Gasteiger partial charge on any atom is 0.407 e. The van der Waals surface area contributed by atoms with Gasteiger partial charge < -0.3 is 20.5 Å². The van der Waals surface area contributed by atoms with Gasteiger partial charge in [0.2, 0.25) is 0 Å². The zero-order chi connectivity index (χ0) is 21.6. The fourth-order valence-electron chi connectivity index (χ4n) is 3.73. The fourth-order valence-corrected chi connectivity index (χ4v) is 3.73. The van der Waals surface area contributed by atoms with Crippen molar-refractivity contribution in [2.24, 2.45) is 0 Å². The van der Waals surface area contributed by atoms with E-state index in [2.05, 4.69) is 27.8 Å². The van der Waals surface area contributed by atoms with Gasteiger partial charge in [-0.05, 0) is 39.9 Å². The van der Waals surface area contributed by atoms with Crippen molar-refractivity contribution in [1.82, 2.24) is 15.6 Å². The molecule has 2 aromatic carbocycles. The summed E-state index contributed by atoms with van der Waals surface area (Å²) in [6.07, 6.45) is 1.19. The number of rotatable bonds is 7. The molecule has 0 saturated heterocycles. The molecule has 158 valence electrons. The number of ether oxygens (including phenoxy) is 1. The average Bonchev–Trinajstić information content (AvgIpc) is 3.14. The molecule has 3 N–H and O–H groups in total. The molecule has 31 heavy (non-hydrogen) atoms. The maximum absolute atomic E-state index is 12.1. The Labute approximate surface area is 180 Å². The molecule has 1 aromatic heterocycles. The minimum atomic E-state index is -1.37. The molecule has 0 bridgehead atoms. The molecule has 1 aliphatic carbocycles. The molecule has 2 amide bonds. The van der Waals surface area contributed by atoms with Crippen LogP contribution in [0.3, 0.4) is 0 Å². The van der Waals surface area contributed by atoms with Gasteiger partial charge in [-0.2, -0.15) is 0 Å². The first-order valence-electron chi connectivity index (χ1n) is 10.1. The van der Waals surface area contributed by atoms with Gasteiger partial charge in [0.25, 0.3) is 5.91 Å². The lowest BCUT2D eigenvalue weighted by Gasteiger charge is -2.16. The summed E-state index contributed by atoms with van der Waals surface area (Å²) in [5.74, 6) is -0.623. The first-order valence-corrected chi connectivity index (χ1v) is 10.1. The topological polar surface area (TPSA) is 101 Å². The number of amides is 2. The Morgan fingerprint density at radius 1 is 0.935 bits per heavy atom. The van der Waals surface area contributed by atoms with Crippen LogP contribution in [-0.2, 0) is 16.1 Å². The zero-order valence-electron chi connectivity index (χ0n) is 16.8. The smallest absolute Gasteiger partial charge is 0.407 e. The number of alkyl carbamates (subject to hydrolysis) is 1. The second-order valence-corrected chi connectivity index (χ2v) is 7.30. The summed E-state index contributed by atoms with van der Waals surface area (Å²) in [6.45, 7) is 0.201. The molecule has 0 spiro atoms. The molecular weight excluding hydrogens is 394 g/mol. The Balaban J connectivity index is 1.26. The molecule has 7 heteroatoms. The van der Waals surface area contributed by atoms with Crippen molar-refractivity contribution in [1.29, 1.82) is 0 Å². The van der Waals surface area contributed by atoms with Crippen LogP contribution in [0.2, 0.25) is 0 Å². The van der Waals surface area contributed by atoms with Crippen LogP contribution in [0.1, 0.15) is 22.6 Å². The Morgan fingerprint density at radius 2 is 1.55 bits per heavy atom. The van der Waals surface area contributed by atoms with Crippen molar-refractivity contribution in [3.63, 3.8) is 0 Å². The van der Waals surface area contributed by atoms with Crippen molar-refractivity contribution < 1.29 is 19.4 Å². The molecule has 1 heterocycles. The Kier molecular flexibility index (Phi) is 6.24. The van der Waals surface area contributed by atoms with E-state index >= 15 is 0 Å². The highest BCUT2D eigenvalue weighted by Crippen LogP contribution is 2.44. The molecule has 1 aliphatic rings. The van der Waals surface area contributed by atoms with Gasteiger partial charge in [-0.25, -0.2) is 4.79 Å². The largest absolute Gasteiger partial charge is 0.449 e. The lowest BCUT2D eigenvalue weighted by Crippen LogP contribution is -2.42. The summed E-state index contributed by atoms with van der Waals surface area (Å²) < 4.78 is 5.40. The van der Waals surface area contributed by atoms with Crippen LogP contribution in [-0.4, -0.2) is 41.3 Å². The molecule has 4 rings (SSSR count). The van der Waals surface area contributed by atoms with Crippen molar-refractivity contribution >= 4 is 12.0 Å². The number of pyridine rings is 1. The van der Waals surface area contributed by atoms with Crippen molar-refractivity contribution in [2.75, 3.05) is 13.2 Å². The first kappa shape index (κ1) is 20.6. The Morgan fingerprint density at radius 3 is 2.19 bits per heavy atom. The average molecular weight is 417 g/mol. The summed E-state index contributed by atoms with van der Waals surface area (Å²) in [5.41, 5.74) is 5.39. The number of fused-ring (bicyclic) bond motifs is 3. The van der Waals surface area contributed by atoms with Crippen molar-refractivity contribution in [3.05, 3.63) is 89.7 Å². The van der Waals surface area contributed by atoms with E-state index in [1.807, 2.05) is 36.4 Å². The number of hydrogen-bond donors (Lipinski definition) is 3. The van der Waals surface area contributed by atoms with Crippen LogP contribution in [0.15, 0.2) is 73.1 Å².